The van der Waals surface area contributed by atoms with Gasteiger partial charge >= 0.3 is 0 Å². The monoisotopic (exact) mass is 341 g/mol. The summed E-state index contributed by atoms with van der Waals surface area (Å²) >= 11 is 9.42. The van der Waals surface area contributed by atoms with E-state index >= 15 is 0 Å². The number of benzene rings is 1. The molecule has 0 saturated carbocycles. The molecule has 0 saturated heterocycles. The minimum absolute atomic E-state index is 0.0832. The SMILES string of the molecule is CCc1nsc(Sc2ccc(CNC(C)(C)C)c(Cl)c2)n1. The molecule has 2 aromatic rings. The summed E-state index contributed by atoms with van der Waals surface area (Å²) in [7, 11) is 0. The van der Waals surface area contributed by atoms with Gasteiger partial charge in [-0.15, -0.1) is 0 Å². The first kappa shape index (κ1) is 16.7. The van der Waals surface area contributed by atoms with E-state index in [0.29, 0.717) is 0 Å². The number of aryl methyl sites for hydroxylation is 1. The van der Waals surface area contributed by atoms with Crippen molar-refractivity contribution < 1.29 is 0 Å². The highest BCUT2D eigenvalue weighted by Gasteiger charge is 2.11. The normalized spacial score (nSPS) is 11.9. The fraction of sp³-hybridized carbons (Fsp3) is 0.467. The summed E-state index contributed by atoms with van der Waals surface area (Å²) in [4.78, 5) is 5.56. The molecule has 0 spiro atoms. The van der Waals surface area contributed by atoms with Crippen LogP contribution in [-0.2, 0) is 13.0 Å². The number of aromatic nitrogens is 2. The molecule has 21 heavy (non-hydrogen) atoms. The van der Waals surface area contributed by atoms with Gasteiger partial charge in [-0.05, 0) is 50.0 Å². The summed E-state index contributed by atoms with van der Waals surface area (Å²) in [6, 6.07) is 6.16. The fourth-order valence-corrected chi connectivity index (χ4v) is 3.65. The molecule has 0 aliphatic carbocycles. The molecule has 114 valence electrons. The zero-order valence-electron chi connectivity index (χ0n) is 12.7. The molecule has 3 nitrogen and oxygen atoms in total. The lowest BCUT2D eigenvalue weighted by Crippen LogP contribution is -2.35. The van der Waals surface area contributed by atoms with Crippen molar-refractivity contribution in [2.45, 2.75) is 55.4 Å². The Morgan fingerprint density at radius 1 is 1.33 bits per heavy atom. The highest BCUT2D eigenvalue weighted by molar-refractivity contribution is 8.01. The van der Waals surface area contributed by atoms with Crippen molar-refractivity contribution in [1.29, 1.82) is 0 Å². The van der Waals surface area contributed by atoms with Gasteiger partial charge in [-0.2, -0.15) is 4.37 Å². The van der Waals surface area contributed by atoms with Crippen molar-refractivity contribution in [2.75, 3.05) is 0 Å². The second kappa shape index (κ2) is 7.09. The van der Waals surface area contributed by atoms with Crippen molar-refractivity contribution in [2.24, 2.45) is 0 Å². The van der Waals surface area contributed by atoms with Crippen LogP contribution >= 0.6 is 34.9 Å². The highest BCUT2D eigenvalue weighted by atomic mass is 35.5. The van der Waals surface area contributed by atoms with Gasteiger partial charge in [0.1, 0.15) is 5.82 Å². The molecule has 0 aliphatic heterocycles. The highest BCUT2D eigenvalue weighted by Crippen LogP contribution is 2.32. The summed E-state index contributed by atoms with van der Waals surface area (Å²) < 4.78 is 5.26. The van der Waals surface area contributed by atoms with E-state index < -0.39 is 0 Å². The van der Waals surface area contributed by atoms with E-state index in [2.05, 4.69) is 54.5 Å². The molecule has 6 heteroatoms. The van der Waals surface area contributed by atoms with Gasteiger partial charge in [0.15, 0.2) is 4.34 Å². The number of nitrogens with one attached hydrogen (secondary N) is 1. The van der Waals surface area contributed by atoms with Gasteiger partial charge in [-0.3, -0.25) is 0 Å². The molecule has 2 rings (SSSR count). The Labute approximate surface area is 139 Å². The van der Waals surface area contributed by atoms with Gasteiger partial charge in [0.25, 0.3) is 0 Å². The molecule has 0 atom stereocenters. The second-order valence-electron chi connectivity index (χ2n) is 5.79. The summed E-state index contributed by atoms with van der Waals surface area (Å²) in [5.41, 5.74) is 1.20. The number of hydrogen-bond acceptors (Lipinski definition) is 5. The predicted molar refractivity (Wildman–Crippen MR) is 91.5 cm³/mol. The maximum atomic E-state index is 6.37. The third kappa shape index (κ3) is 5.25. The number of halogens is 1. The molecule has 0 bridgehead atoms. The van der Waals surface area contributed by atoms with E-state index in [0.717, 1.165) is 38.6 Å². The van der Waals surface area contributed by atoms with Crippen LogP contribution in [0.25, 0.3) is 0 Å². The number of nitrogens with zero attached hydrogens (tertiary/aromatic N) is 2. The fourth-order valence-electron chi connectivity index (χ4n) is 1.62. The Hall–Kier alpha value is -0.620. The van der Waals surface area contributed by atoms with Gasteiger partial charge in [-0.25, -0.2) is 4.98 Å². The van der Waals surface area contributed by atoms with Crippen molar-refractivity contribution in [3.63, 3.8) is 0 Å². The molecule has 1 heterocycles. The van der Waals surface area contributed by atoms with E-state index in [1.165, 1.54) is 11.5 Å². The molecule has 0 amide bonds. The van der Waals surface area contributed by atoms with Crippen molar-refractivity contribution in [3.05, 3.63) is 34.6 Å². The standard InChI is InChI=1S/C15H20ClN3S2/c1-5-13-18-14(21-19-13)20-11-7-6-10(12(16)8-11)9-17-15(2,3)4/h6-8,17H,5,9H2,1-4H3. The second-order valence-corrected chi connectivity index (χ2v) is 8.27. The molecule has 1 N–H and O–H groups in total. The van der Waals surface area contributed by atoms with Crippen molar-refractivity contribution in [3.8, 4) is 0 Å². The number of hydrogen-bond donors (Lipinski definition) is 1. The Bertz CT molecular complexity index is 605. The van der Waals surface area contributed by atoms with Gasteiger partial charge in [0, 0.05) is 28.4 Å². The molecule has 0 unspecified atom stereocenters. The maximum Gasteiger partial charge on any atom is 0.174 e. The Morgan fingerprint density at radius 2 is 2.10 bits per heavy atom. The smallest absolute Gasteiger partial charge is 0.174 e. The first-order valence-corrected chi connectivity index (χ1v) is 8.88. The quantitative estimate of drug-likeness (QED) is 0.848. The molecule has 0 fully saturated rings. The van der Waals surface area contributed by atoms with E-state index in [9.17, 15) is 0 Å². The van der Waals surface area contributed by atoms with Gasteiger partial charge < -0.3 is 5.32 Å². The Balaban J connectivity index is 2.04. The first-order chi connectivity index (χ1) is 9.87. The molecular weight excluding hydrogens is 322 g/mol. The Morgan fingerprint density at radius 3 is 2.67 bits per heavy atom. The predicted octanol–water partition coefficient (Wildman–Crippen LogP) is 4.79. The number of rotatable bonds is 5. The van der Waals surface area contributed by atoms with Crippen LogP contribution in [0.3, 0.4) is 0 Å². The van der Waals surface area contributed by atoms with E-state index in [1.807, 2.05) is 6.07 Å². The van der Waals surface area contributed by atoms with E-state index in [1.54, 1.807) is 11.8 Å². The summed E-state index contributed by atoms with van der Waals surface area (Å²) in [5, 5.41) is 4.24. The molecule has 0 aliphatic rings. The van der Waals surface area contributed by atoms with Crippen LogP contribution in [-0.4, -0.2) is 14.9 Å². The van der Waals surface area contributed by atoms with Crippen molar-refractivity contribution in [1.82, 2.24) is 14.7 Å². The minimum atomic E-state index is 0.0832. The van der Waals surface area contributed by atoms with Crippen LogP contribution in [0.1, 0.15) is 39.1 Å². The maximum absolute atomic E-state index is 6.37. The first-order valence-electron chi connectivity index (χ1n) is 6.91. The van der Waals surface area contributed by atoms with Gasteiger partial charge in [0.05, 0.1) is 0 Å². The van der Waals surface area contributed by atoms with E-state index in [4.69, 9.17) is 11.6 Å². The van der Waals surface area contributed by atoms with E-state index in [-0.39, 0.29) is 5.54 Å². The summed E-state index contributed by atoms with van der Waals surface area (Å²) in [6.07, 6.45) is 0.870. The molecular formula is C15H20ClN3S2. The summed E-state index contributed by atoms with van der Waals surface area (Å²) in [6.45, 7) is 9.26. The van der Waals surface area contributed by atoms with Crippen LogP contribution in [0.5, 0.6) is 0 Å². The van der Waals surface area contributed by atoms with Gasteiger partial charge in [-0.1, -0.05) is 36.4 Å². The van der Waals surface area contributed by atoms with Crippen LogP contribution < -0.4 is 5.32 Å². The lowest BCUT2D eigenvalue weighted by molar-refractivity contribution is 0.424. The molecule has 1 aromatic heterocycles. The molecule has 1 aromatic carbocycles. The Kier molecular flexibility index (Phi) is 5.66. The third-order valence-corrected chi connectivity index (χ3v) is 4.94. The topological polar surface area (TPSA) is 37.8 Å². The van der Waals surface area contributed by atoms with Crippen LogP contribution in [0.2, 0.25) is 5.02 Å². The largest absolute Gasteiger partial charge is 0.308 e. The van der Waals surface area contributed by atoms with Gasteiger partial charge in [0.2, 0.25) is 0 Å². The zero-order chi connectivity index (χ0) is 15.5. The average molecular weight is 342 g/mol. The van der Waals surface area contributed by atoms with Crippen molar-refractivity contribution >= 4 is 34.9 Å². The minimum Gasteiger partial charge on any atom is -0.308 e. The summed E-state index contributed by atoms with van der Waals surface area (Å²) in [5.74, 6) is 0.902. The lowest BCUT2D eigenvalue weighted by atomic mass is 10.1. The van der Waals surface area contributed by atoms with Crippen LogP contribution in [0.15, 0.2) is 27.4 Å². The molecule has 0 radical (unpaired) electrons. The lowest BCUT2D eigenvalue weighted by Gasteiger charge is -2.21. The third-order valence-electron chi connectivity index (χ3n) is 2.80. The van der Waals surface area contributed by atoms with Crippen LogP contribution in [0.4, 0.5) is 0 Å². The zero-order valence-corrected chi connectivity index (χ0v) is 15.1. The van der Waals surface area contributed by atoms with Crippen LogP contribution in [0, 0.1) is 0 Å². The average Bonchev–Trinajstić information content (AvgIpc) is 2.84.